The maximum Gasteiger partial charge on any atom is 0.240 e. The number of anilines is 1. The first kappa shape index (κ1) is 21.9. The zero-order chi connectivity index (χ0) is 18.0. The van der Waals surface area contributed by atoms with E-state index in [0.29, 0.717) is 17.8 Å². The van der Waals surface area contributed by atoms with Crippen LogP contribution in [0.2, 0.25) is 0 Å². The number of nitrogens with two attached hydrogens (primary N) is 1. The Balaban J connectivity index is 0.00000312. The Labute approximate surface area is 155 Å². The second-order valence-corrected chi connectivity index (χ2v) is 8.57. The topological polar surface area (TPSA) is 105 Å². The summed E-state index contributed by atoms with van der Waals surface area (Å²) >= 11 is 0. The van der Waals surface area contributed by atoms with Crippen molar-refractivity contribution in [3.05, 3.63) is 23.8 Å². The molecule has 1 heterocycles. The molecule has 7 nitrogen and oxygen atoms in total. The number of sulfonamides is 1. The van der Waals surface area contributed by atoms with Gasteiger partial charge in [0.05, 0.1) is 11.4 Å². The summed E-state index contributed by atoms with van der Waals surface area (Å²) in [4.78, 5) is 14.5. The minimum Gasteiger partial charge on any atom is -0.330 e. The molecule has 4 N–H and O–H groups in total. The van der Waals surface area contributed by atoms with E-state index in [9.17, 15) is 13.2 Å². The van der Waals surface area contributed by atoms with Crippen LogP contribution in [0.4, 0.5) is 5.69 Å². The second kappa shape index (κ2) is 8.46. The Morgan fingerprint density at radius 3 is 2.64 bits per heavy atom. The first-order valence-corrected chi connectivity index (χ1v) is 9.44. The van der Waals surface area contributed by atoms with Gasteiger partial charge >= 0.3 is 0 Å². The summed E-state index contributed by atoms with van der Waals surface area (Å²) in [6.45, 7) is 6.36. The van der Waals surface area contributed by atoms with Gasteiger partial charge in [0.2, 0.25) is 15.9 Å². The van der Waals surface area contributed by atoms with E-state index in [1.54, 1.807) is 19.1 Å². The number of hydrogen-bond acceptors (Lipinski definition) is 5. The van der Waals surface area contributed by atoms with Crippen LogP contribution in [0.25, 0.3) is 0 Å². The molecule has 0 saturated carbocycles. The van der Waals surface area contributed by atoms with E-state index in [4.69, 9.17) is 5.73 Å². The van der Waals surface area contributed by atoms with E-state index in [2.05, 4.69) is 21.9 Å². The van der Waals surface area contributed by atoms with Gasteiger partial charge in [0.15, 0.2) is 0 Å². The van der Waals surface area contributed by atoms with E-state index in [1.165, 1.54) is 13.1 Å². The maximum absolute atomic E-state index is 12.2. The predicted octanol–water partition coefficient (Wildman–Crippen LogP) is 0.934. The fourth-order valence-electron chi connectivity index (χ4n) is 2.91. The molecule has 142 valence electrons. The number of hydrogen-bond donors (Lipinski definition) is 3. The molecule has 1 aliphatic rings. The molecule has 2 rings (SSSR count). The Morgan fingerprint density at radius 1 is 1.40 bits per heavy atom. The molecule has 0 radical (unpaired) electrons. The van der Waals surface area contributed by atoms with Crippen molar-refractivity contribution in [1.29, 1.82) is 0 Å². The fourth-order valence-corrected chi connectivity index (χ4v) is 3.90. The van der Waals surface area contributed by atoms with Crippen LogP contribution >= 0.6 is 12.4 Å². The van der Waals surface area contributed by atoms with Crippen LogP contribution in [0.1, 0.15) is 18.9 Å². The highest BCUT2D eigenvalue weighted by Gasteiger charge is 2.33. The minimum absolute atomic E-state index is 0. The largest absolute Gasteiger partial charge is 0.330 e. The van der Waals surface area contributed by atoms with Crippen LogP contribution in [0.3, 0.4) is 0 Å². The van der Waals surface area contributed by atoms with E-state index in [-0.39, 0.29) is 35.2 Å². The molecule has 1 atom stereocenters. The van der Waals surface area contributed by atoms with Crippen LogP contribution in [-0.2, 0) is 14.8 Å². The van der Waals surface area contributed by atoms with E-state index in [0.717, 1.165) is 19.5 Å². The van der Waals surface area contributed by atoms with Crippen molar-refractivity contribution in [2.45, 2.75) is 25.2 Å². The van der Waals surface area contributed by atoms with Gasteiger partial charge < -0.3 is 11.1 Å². The summed E-state index contributed by atoms with van der Waals surface area (Å²) in [5, 5.41) is 2.77. The zero-order valence-electron chi connectivity index (χ0n) is 14.8. The minimum atomic E-state index is -3.55. The average molecular weight is 391 g/mol. The van der Waals surface area contributed by atoms with Crippen molar-refractivity contribution in [2.75, 3.05) is 38.5 Å². The average Bonchev–Trinajstić information content (AvgIpc) is 2.90. The molecule has 1 amide bonds. The van der Waals surface area contributed by atoms with Crippen LogP contribution in [0.15, 0.2) is 23.1 Å². The van der Waals surface area contributed by atoms with E-state index >= 15 is 0 Å². The molecule has 0 spiro atoms. The molecule has 1 aromatic carbocycles. The fraction of sp³-hybridized carbons (Fsp3) is 0.562. The Hall–Kier alpha value is -1.19. The molecule has 0 bridgehead atoms. The van der Waals surface area contributed by atoms with Crippen molar-refractivity contribution in [2.24, 2.45) is 11.1 Å². The van der Waals surface area contributed by atoms with Gasteiger partial charge in [-0.25, -0.2) is 13.1 Å². The van der Waals surface area contributed by atoms with Gasteiger partial charge in [-0.1, -0.05) is 13.0 Å². The molecule has 1 fully saturated rings. The lowest BCUT2D eigenvalue weighted by Crippen LogP contribution is -2.35. The molecule has 9 heteroatoms. The first-order chi connectivity index (χ1) is 11.2. The summed E-state index contributed by atoms with van der Waals surface area (Å²) in [5.74, 6) is -0.159. The Morgan fingerprint density at radius 2 is 2.08 bits per heavy atom. The number of likely N-dealkylation sites (tertiary alicyclic amines) is 1. The van der Waals surface area contributed by atoms with Crippen molar-refractivity contribution in [3.8, 4) is 0 Å². The normalized spacial score (nSPS) is 21.0. The van der Waals surface area contributed by atoms with Crippen LogP contribution in [-0.4, -0.2) is 52.5 Å². The molecule has 25 heavy (non-hydrogen) atoms. The number of amides is 1. The number of carbonyl (C=O) groups excluding carboxylic acids is 1. The van der Waals surface area contributed by atoms with Gasteiger partial charge in [-0.05, 0) is 56.6 Å². The standard InChI is InChI=1S/C16H26N4O3S.ClH/c1-12-4-5-13(8-14(12)24(22,23)18-3)19-15(21)9-20-7-6-16(2,10-17)11-20;/h4-5,8,18H,6-7,9-11,17H2,1-3H3,(H,19,21);1H. The van der Waals surface area contributed by atoms with Crippen LogP contribution in [0.5, 0.6) is 0 Å². The molecule has 1 aliphatic heterocycles. The highest BCUT2D eigenvalue weighted by atomic mass is 35.5. The van der Waals surface area contributed by atoms with Gasteiger partial charge in [0.1, 0.15) is 0 Å². The SMILES string of the molecule is CNS(=O)(=O)c1cc(NC(=O)CN2CCC(C)(CN)C2)ccc1C.Cl. The predicted molar refractivity (Wildman–Crippen MR) is 102 cm³/mol. The third-order valence-electron chi connectivity index (χ3n) is 4.53. The summed E-state index contributed by atoms with van der Waals surface area (Å²) in [6.07, 6.45) is 0.978. The van der Waals surface area contributed by atoms with Crippen molar-refractivity contribution in [1.82, 2.24) is 9.62 Å². The molecule has 0 aromatic heterocycles. The van der Waals surface area contributed by atoms with Gasteiger partial charge in [-0.15, -0.1) is 12.4 Å². The molecule has 0 aliphatic carbocycles. The van der Waals surface area contributed by atoms with Gasteiger partial charge in [-0.2, -0.15) is 0 Å². The summed E-state index contributed by atoms with van der Waals surface area (Å²) < 4.78 is 26.3. The highest BCUT2D eigenvalue weighted by molar-refractivity contribution is 7.89. The quantitative estimate of drug-likeness (QED) is 0.670. The molecular formula is C16H27ClN4O3S. The number of halogens is 1. The summed E-state index contributed by atoms with van der Waals surface area (Å²) in [6, 6.07) is 4.87. The Bertz CT molecular complexity index is 726. The first-order valence-electron chi connectivity index (χ1n) is 7.95. The highest BCUT2D eigenvalue weighted by Crippen LogP contribution is 2.28. The van der Waals surface area contributed by atoms with Gasteiger partial charge in [0, 0.05) is 12.2 Å². The van der Waals surface area contributed by atoms with Crippen LogP contribution < -0.4 is 15.8 Å². The maximum atomic E-state index is 12.2. The number of aryl methyl sites for hydroxylation is 1. The third kappa shape index (κ3) is 5.39. The summed E-state index contributed by atoms with van der Waals surface area (Å²) in [5.41, 5.74) is 6.94. The Kier molecular flexibility index (Phi) is 7.40. The number of rotatable bonds is 6. The molecule has 1 aromatic rings. The van der Waals surface area contributed by atoms with Crippen molar-refractivity contribution >= 4 is 34.0 Å². The lowest BCUT2D eigenvalue weighted by molar-refractivity contribution is -0.117. The van der Waals surface area contributed by atoms with Gasteiger partial charge in [-0.3, -0.25) is 9.69 Å². The third-order valence-corrected chi connectivity index (χ3v) is 6.08. The number of nitrogens with zero attached hydrogens (tertiary/aromatic N) is 1. The van der Waals surface area contributed by atoms with E-state index in [1.807, 2.05) is 0 Å². The molecule has 1 unspecified atom stereocenters. The zero-order valence-corrected chi connectivity index (χ0v) is 16.5. The lowest BCUT2D eigenvalue weighted by atomic mass is 9.90. The molecular weight excluding hydrogens is 364 g/mol. The van der Waals surface area contributed by atoms with Crippen LogP contribution in [0, 0.1) is 12.3 Å². The van der Waals surface area contributed by atoms with Gasteiger partial charge in [0.25, 0.3) is 0 Å². The lowest BCUT2D eigenvalue weighted by Gasteiger charge is -2.22. The second-order valence-electron chi connectivity index (χ2n) is 6.71. The number of benzene rings is 1. The van der Waals surface area contributed by atoms with Crippen molar-refractivity contribution in [3.63, 3.8) is 0 Å². The number of nitrogens with one attached hydrogen (secondary N) is 2. The summed E-state index contributed by atoms with van der Waals surface area (Å²) in [7, 11) is -2.19. The number of carbonyl (C=O) groups is 1. The smallest absolute Gasteiger partial charge is 0.240 e. The monoisotopic (exact) mass is 390 g/mol. The molecule has 1 saturated heterocycles. The van der Waals surface area contributed by atoms with Crippen molar-refractivity contribution < 1.29 is 13.2 Å². The van der Waals surface area contributed by atoms with E-state index < -0.39 is 10.0 Å².